The first kappa shape index (κ1) is 46.1. The van der Waals surface area contributed by atoms with Gasteiger partial charge in [-0.05, 0) is 42.0 Å². The molecule has 0 saturated carbocycles. The highest BCUT2D eigenvalue weighted by molar-refractivity contribution is 7.91. The Hall–Kier alpha value is -4.05. The normalized spacial score (nSPS) is 12.9. The van der Waals surface area contributed by atoms with E-state index in [1.54, 1.807) is 66.7 Å². The quantitative estimate of drug-likeness (QED) is 0.0677. The number of aliphatic hydroxyl groups excluding tert-OH is 2. The second kappa shape index (κ2) is 19.5. The number of benzene rings is 4. The predicted molar refractivity (Wildman–Crippen MR) is 201 cm³/mol. The molecular formula is C38H36Cl2F6O6SSi. The van der Waals surface area contributed by atoms with Crippen LogP contribution in [0.15, 0.2) is 138 Å². The Morgan fingerprint density at radius 3 is 1.52 bits per heavy atom. The Bertz CT molecular complexity index is 2020. The van der Waals surface area contributed by atoms with E-state index in [2.05, 4.69) is 13.2 Å². The molecule has 0 saturated heterocycles. The van der Waals surface area contributed by atoms with Crippen LogP contribution < -0.4 is 5.19 Å². The van der Waals surface area contributed by atoms with E-state index >= 15 is 0 Å². The van der Waals surface area contributed by atoms with Crippen LogP contribution in [0, 0.1) is 0 Å². The molecular weight excluding hydrogens is 797 g/mol. The molecule has 54 heavy (non-hydrogen) atoms. The number of hydrogen-bond acceptors (Lipinski definition) is 6. The van der Waals surface area contributed by atoms with Crippen LogP contribution in [0.1, 0.15) is 27.1 Å². The van der Waals surface area contributed by atoms with Gasteiger partial charge in [-0.3, -0.25) is 9.59 Å². The van der Waals surface area contributed by atoms with E-state index in [-0.39, 0.29) is 21.6 Å². The molecule has 4 rings (SSSR count). The van der Waals surface area contributed by atoms with E-state index in [1.165, 1.54) is 55.6 Å². The van der Waals surface area contributed by atoms with Gasteiger partial charge in [0.15, 0.2) is 27.5 Å². The third-order valence-corrected chi connectivity index (χ3v) is 13.3. The zero-order valence-electron chi connectivity index (χ0n) is 28.8. The van der Waals surface area contributed by atoms with Gasteiger partial charge in [-0.2, -0.15) is 26.3 Å². The van der Waals surface area contributed by atoms with E-state index in [9.17, 15) is 49.5 Å². The highest BCUT2D eigenvalue weighted by Crippen LogP contribution is 2.28. The van der Waals surface area contributed by atoms with Gasteiger partial charge in [-0.1, -0.05) is 127 Å². The largest absolute Gasteiger partial charge is 0.414 e. The lowest BCUT2D eigenvalue weighted by Crippen LogP contribution is -2.58. The maximum absolute atomic E-state index is 12.4. The Labute approximate surface area is 320 Å². The van der Waals surface area contributed by atoms with Gasteiger partial charge < -0.3 is 10.2 Å². The summed E-state index contributed by atoms with van der Waals surface area (Å²) in [4.78, 5) is 24.1. The predicted octanol–water partition coefficient (Wildman–Crippen LogP) is 9.01. The van der Waals surface area contributed by atoms with Gasteiger partial charge in [0.05, 0.1) is 10.6 Å². The first-order valence-corrected chi connectivity index (χ1v) is 21.2. The molecule has 0 spiro atoms. The molecule has 2 atom stereocenters. The van der Waals surface area contributed by atoms with Gasteiger partial charge in [0.2, 0.25) is 0 Å². The second-order valence-electron chi connectivity index (χ2n) is 12.3. The lowest BCUT2D eigenvalue weighted by molar-refractivity contribution is -0.202. The standard InChI is InChI=1S/C16H13ClO3S.C12H10ClF3O2.C10H13F3OSi/c1-12(16(18)13-6-5-7-14(17)10-13)11-21(19,20)15-8-3-2-4-9-15;1-7(5-10(17)12(14,15)16)11(18)8-3-2-4-9(13)6-8;1-15(2,9(14)10(11,12)13)8-6-4-3-5-7-8/h2-10H,1,11H2;2-4,6,10,17H,1,5H2;3-7,9,14H,1-2H3. The van der Waals surface area contributed by atoms with Gasteiger partial charge >= 0.3 is 12.4 Å². The molecule has 0 aromatic heterocycles. The minimum absolute atomic E-state index is 0.0149. The first-order valence-electron chi connectivity index (χ1n) is 15.7. The Morgan fingerprint density at radius 1 is 0.685 bits per heavy atom. The van der Waals surface area contributed by atoms with Gasteiger partial charge in [-0.25, -0.2) is 8.42 Å². The van der Waals surface area contributed by atoms with Crippen molar-refractivity contribution in [3.05, 3.63) is 155 Å². The molecule has 0 bridgehead atoms. The highest BCUT2D eigenvalue weighted by Gasteiger charge is 2.49. The molecule has 0 aliphatic rings. The maximum atomic E-state index is 12.4. The molecule has 4 aromatic rings. The second-order valence-corrected chi connectivity index (χ2v) is 19.7. The molecule has 4 aromatic carbocycles. The molecule has 2 N–H and O–H groups in total. The number of hydrogen-bond donors (Lipinski definition) is 2. The SMILES string of the molecule is C=C(CC(O)C(F)(F)F)C(=O)c1cccc(Cl)c1.C=C(CS(=O)(=O)c1ccccc1)C(=O)c1cccc(Cl)c1.C[Si](C)(c1ccccc1)C(O)C(F)(F)F. The van der Waals surface area contributed by atoms with E-state index < -0.39 is 65.8 Å². The minimum atomic E-state index is -4.77. The van der Waals surface area contributed by atoms with Crippen molar-refractivity contribution in [3.8, 4) is 0 Å². The summed E-state index contributed by atoms with van der Waals surface area (Å²) in [6.45, 7) is 9.89. The van der Waals surface area contributed by atoms with Crippen LogP contribution in [0.3, 0.4) is 0 Å². The Balaban J connectivity index is 0.000000284. The first-order chi connectivity index (χ1) is 24.9. The summed E-state index contributed by atoms with van der Waals surface area (Å²) < 4.78 is 98.0. The van der Waals surface area contributed by atoms with Crippen LogP contribution >= 0.6 is 23.2 Å². The summed E-state index contributed by atoms with van der Waals surface area (Å²) in [6.07, 6.45) is -12.7. The lowest BCUT2D eigenvalue weighted by Gasteiger charge is -2.30. The van der Waals surface area contributed by atoms with E-state index in [0.29, 0.717) is 20.8 Å². The third-order valence-electron chi connectivity index (χ3n) is 7.61. The monoisotopic (exact) mass is 832 g/mol. The number of carbonyl (C=O) groups is 2. The topological polar surface area (TPSA) is 109 Å². The Kier molecular flexibility index (Phi) is 16.7. The van der Waals surface area contributed by atoms with Gasteiger partial charge in [0.25, 0.3) is 0 Å². The Morgan fingerprint density at radius 2 is 1.11 bits per heavy atom. The van der Waals surface area contributed by atoms with E-state index in [0.717, 1.165) is 0 Å². The van der Waals surface area contributed by atoms with Gasteiger partial charge in [0, 0.05) is 33.2 Å². The number of ketones is 2. The summed E-state index contributed by atoms with van der Waals surface area (Å²) in [5, 5.41) is 19.5. The summed E-state index contributed by atoms with van der Waals surface area (Å²) in [7, 11) is -6.46. The van der Waals surface area contributed by atoms with Crippen molar-refractivity contribution in [2.24, 2.45) is 0 Å². The number of sulfone groups is 1. The van der Waals surface area contributed by atoms with Crippen molar-refractivity contribution in [1.82, 2.24) is 0 Å². The summed E-state index contributed by atoms with van der Waals surface area (Å²) >= 11 is 11.5. The number of rotatable bonds is 11. The smallest absolute Gasteiger partial charge is 0.387 e. The molecule has 290 valence electrons. The summed E-state index contributed by atoms with van der Waals surface area (Å²) in [5.41, 5.74) is -2.05. The average molecular weight is 834 g/mol. The van der Waals surface area contributed by atoms with Crippen molar-refractivity contribution in [1.29, 1.82) is 0 Å². The molecule has 2 unspecified atom stereocenters. The molecule has 0 fully saturated rings. The van der Waals surface area contributed by atoms with Crippen LogP contribution in [0.2, 0.25) is 23.1 Å². The van der Waals surface area contributed by atoms with Crippen molar-refractivity contribution in [2.45, 2.75) is 48.6 Å². The van der Waals surface area contributed by atoms with Crippen LogP contribution in [0.4, 0.5) is 26.3 Å². The molecule has 0 heterocycles. The number of alkyl halides is 6. The fourth-order valence-corrected chi connectivity index (χ4v) is 8.44. The average Bonchev–Trinajstić information content (AvgIpc) is 3.11. The van der Waals surface area contributed by atoms with E-state index in [4.69, 9.17) is 28.3 Å². The zero-order chi connectivity index (χ0) is 41.1. The number of halogens is 8. The summed E-state index contributed by atoms with van der Waals surface area (Å²) in [5.74, 6) is -1.50. The number of carbonyl (C=O) groups excluding carboxylic acids is 2. The van der Waals surface area contributed by atoms with Crippen LogP contribution in [0.25, 0.3) is 0 Å². The lowest BCUT2D eigenvalue weighted by atomic mass is 10.00. The number of Topliss-reactive ketones (excluding diaryl/α,β-unsaturated/α-hetero) is 2. The minimum Gasteiger partial charge on any atom is -0.387 e. The molecule has 0 aliphatic carbocycles. The summed E-state index contributed by atoms with van der Waals surface area (Å²) in [6, 6.07) is 28.5. The highest BCUT2D eigenvalue weighted by atomic mass is 35.5. The van der Waals surface area contributed by atoms with Crippen molar-refractivity contribution in [2.75, 3.05) is 5.75 Å². The molecule has 0 amide bonds. The molecule has 0 aliphatic heterocycles. The van der Waals surface area contributed by atoms with Crippen molar-refractivity contribution >= 4 is 57.9 Å². The number of aliphatic hydroxyl groups is 2. The molecule has 0 radical (unpaired) electrons. The van der Waals surface area contributed by atoms with Crippen molar-refractivity contribution in [3.63, 3.8) is 0 Å². The zero-order valence-corrected chi connectivity index (χ0v) is 32.2. The van der Waals surface area contributed by atoms with Crippen molar-refractivity contribution < 1.29 is 54.6 Å². The van der Waals surface area contributed by atoms with E-state index in [1.807, 2.05) is 0 Å². The fraction of sp³-hybridized carbons (Fsp3) is 0.211. The fourth-order valence-electron chi connectivity index (χ4n) is 4.55. The van der Waals surface area contributed by atoms with Crippen LogP contribution in [-0.2, 0) is 9.84 Å². The molecule has 6 nitrogen and oxygen atoms in total. The molecule has 16 heteroatoms. The van der Waals surface area contributed by atoms with Crippen LogP contribution in [0.5, 0.6) is 0 Å². The van der Waals surface area contributed by atoms with Gasteiger partial charge in [0.1, 0.15) is 13.8 Å². The van der Waals surface area contributed by atoms with Crippen LogP contribution in [-0.4, -0.2) is 68.2 Å². The maximum Gasteiger partial charge on any atom is 0.414 e. The third kappa shape index (κ3) is 14.0. The van der Waals surface area contributed by atoms with Gasteiger partial charge in [-0.15, -0.1) is 0 Å².